The van der Waals surface area contributed by atoms with Crippen molar-refractivity contribution in [2.45, 2.75) is 13.5 Å². The lowest BCUT2D eigenvalue weighted by Gasteiger charge is -2.11. The topological polar surface area (TPSA) is 16.1 Å². The van der Waals surface area contributed by atoms with Crippen LogP contribution in [0.2, 0.25) is 5.02 Å². The van der Waals surface area contributed by atoms with Gasteiger partial charge < -0.3 is 0 Å². The molecule has 0 fully saturated rings. The molecule has 0 saturated heterocycles. The Morgan fingerprint density at radius 3 is 2.92 bits per heavy atom. The van der Waals surface area contributed by atoms with Crippen LogP contribution in [0.25, 0.3) is 0 Å². The summed E-state index contributed by atoms with van der Waals surface area (Å²) in [5.41, 5.74) is 0.850. The molecule has 0 unspecified atom stereocenters. The number of rotatable bonds is 3. The molecule has 13 heavy (non-hydrogen) atoms. The van der Waals surface area contributed by atoms with Crippen LogP contribution in [0.5, 0.6) is 0 Å². The summed E-state index contributed by atoms with van der Waals surface area (Å²) in [7, 11) is 0. The van der Waals surface area contributed by atoms with Crippen LogP contribution in [0, 0.1) is 5.95 Å². The molecular formula is C8H10ClFN2S. The molecular weight excluding hydrogens is 211 g/mol. The van der Waals surface area contributed by atoms with Gasteiger partial charge in [0.25, 0.3) is 0 Å². The minimum absolute atomic E-state index is 0.0512. The van der Waals surface area contributed by atoms with Crippen molar-refractivity contribution in [3.8, 4) is 0 Å². The predicted molar refractivity (Wildman–Crippen MR) is 54.3 cm³/mol. The molecule has 0 aliphatic rings. The van der Waals surface area contributed by atoms with Gasteiger partial charge in [0.2, 0.25) is 5.95 Å². The number of halogens is 2. The number of aromatic nitrogens is 1. The van der Waals surface area contributed by atoms with Crippen molar-refractivity contribution in [2.75, 3.05) is 6.54 Å². The third-order valence-electron chi connectivity index (χ3n) is 1.58. The van der Waals surface area contributed by atoms with E-state index in [1.54, 1.807) is 10.4 Å². The van der Waals surface area contributed by atoms with Crippen molar-refractivity contribution in [2.24, 2.45) is 0 Å². The molecule has 1 heterocycles. The molecule has 0 aromatic carbocycles. The Hall–Kier alpha value is -0.320. The van der Waals surface area contributed by atoms with E-state index in [-0.39, 0.29) is 5.02 Å². The Kier molecular flexibility index (Phi) is 3.96. The molecule has 0 bridgehead atoms. The van der Waals surface area contributed by atoms with Crippen molar-refractivity contribution < 1.29 is 4.39 Å². The molecule has 0 spiro atoms. The molecule has 0 radical (unpaired) electrons. The summed E-state index contributed by atoms with van der Waals surface area (Å²) in [6, 6.07) is 1.56. The van der Waals surface area contributed by atoms with Crippen molar-refractivity contribution in [1.29, 1.82) is 0 Å². The van der Waals surface area contributed by atoms with Crippen molar-refractivity contribution >= 4 is 24.4 Å². The zero-order valence-electron chi connectivity index (χ0n) is 7.17. The van der Waals surface area contributed by atoms with Crippen LogP contribution in [0.4, 0.5) is 4.39 Å². The van der Waals surface area contributed by atoms with Gasteiger partial charge in [0.05, 0.1) is 5.02 Å². The van der Waals surface area contributed by atoms with E-state index in [2.05, 4.69) is 17.8 Å². The highest BCUT2D eigenvalue weighted by atomic mass is 35.5. The first-order valence-electron chi connectivity index (χ1n) is 3.87. The van der Waals surface area contributed by atoms with Gasteiger partial charge in [0, 0.05) is 19.3 Å². The standard InChI is InChI=1S/C8H10ClFN2S/c1-2-12(13)5-6-3-7(9)8(10)11-4-6/h3-4,13H,2,5H2,1H3. The monoisotopic (exact) mass is 220 g/mol. The number of pyridine rings is 1. The minimum atomic E-state index is -0.632. The lowest BCUT2D eigenvalue weighted by Crippen LogP contribution is -2.10. The van der Waals surface area contributed by atoms with Gasteiger partial charge in [-0.05, 0) is 11.6 Å². The van der Waals surface area contributed by atoms with Gasteiger partial charge in [-0.3, -0.25) is 0 Å². The van der Waals surface area contributed by atoms with E-state index in [1.165, 1.54) is 6.20 Å². The fourth-order valence-corrected chi connectivity index (χ4v) is 1.22. The quantitative estimate of drug-likeness (QED) is 0.623. The molecule has 1 aromatic rings. The largest absolute Gasteiger partial charge is 0.249 e. The Balaban J connectivity index is 2.73. The average Bonchev–Trinajstić information content (AvgIpc) is 2.11. The maximum absolute atomic E-state index is 12.6. The van der Waals surface area contributed by atoms with Gasteiger partial charge in [0.1, 0.15) is 0 Å². The number of hydrogen-bond acceptors (Lipinski definition) is 3. The summed E-state index contributed by atoms with van der Waals surface area (Å²) >= 11 is 9.73. The van der Waals surface area contributed by atoms with Crippen LogP contribution in [0.15, 0.2) is 12.3 Å². The Morgan fingerprint density at radius 2 is 2.38 bits per heavy atom. The van der Waals surface area contributed by atoms with Crippen LogP contribution < -0.4 is 0 Å². The second-order valence-corrected chi connectivity index (χ2v) is 3.57. The van der Waals surface area contributed by atoms with E-state index in [9.17, 15) is 4.39 Å². The van der Waals surface area contributed by atoms with Gasteiger partial charge in [-0.15, -0.1) is 0 Å². The van der Waals surface area contributed by atoms with Gasteiger partial charge in [0.15, 0.2) is 0 Å². The van der Waals surface area contributed by atoms with Crippen LogP contribution in [0.3, 0.4) is 0 Å². The summed E-state index contributed by atoms with van der Waals surface area (Å²) in [6.07, 6.45) is 1.46. The predicted octanol–water partition coefficient (Wildman–Crippen LogP) is 2.54. The number of nitrogens with zero attached hydrogens (tertiary/aromatic N) is 2. The zero-order valence-corrected chi connectivity index (χ0v) is 8.82. The van der Waals surface area contributed by atoms with E-state index in [4.69, 9.17) is 11.6 Å². The Labute approximate surface area is 87.3 Å². The molecule has 5 heteroatoms. The second-order valence-electron chi connectivity index (χ2n) is 2.60. The maximum Gasteiger partial charge on any atom is 0.231 e. The molecule has 2 nitrogen and oxygen atoms in total. The fourth-order valence-electron chi connectivity index (χ4n) is 0.870. The molecule has 1 rings (SSSR count). The lowest BCUT2D eigenvalue weighted by atomic mass is 10.3. The van der Waals surface area contributed by atoms with Gasteiger partial charge >= 0.3 is 0 Å². The molecule has 0 aliphatic carbocycles. The summed E-state index contributed by atoms with van der Waals surface area (Å²) in [4.78, 5) is 3.51. The van der Waals surface area contributed by atoms with Gasteiger partial charge in [-0.2, -0.15) is 4.39 Å². The molecule has 0 aliphatic heterocycles. The summed E-state index contributed by atoms with van der Waals surface area (Å²) < 4.78 is 14.4. The van der Waals surface area contributed by atoms with Crippen LogP contribution in [-0.2, 0) is 6.54 Å². The van der Waals surface area contributed by atoms with E-state index < -0.39 is 5.95 Å². The molecule has 0 saturated carbocycles. The van der Waals surface area contributed by atoms with Gasteiger partial charge in [-0.25, -0.2) is 9.29 Å². The first-order valence-corrected chi connectivity index (χ1v) is 4.65. The number of hydrogen-bond donors (Lipinski definition) is 1. The fraction of sp³-hybridized carbons (Fsp3) is 0.375. The van der Waals surface area contributed by atoms with E-state index in [0.717, 1.165) is 12.1 Å². The van der Waals surface area contributed by atoms with Crippen LogP contribution in [-0.4, -0.2) is 15.8 Å². The van der Waals surface area contributed by atoms with E-state index >= 15 is 0 Å². The summed E-state index contributed by atoms with van der Waals surface area (Å²) in [6.45, 7) is 3.39. The second kappa shape index (κ2) is 4.79. The summed E-state index contributed by atoms with van der Waals surface area (Å²) in [5.74, 6) is -0.632. The SMILES string of the molecule is CCN(S)Cc1cnc(F)c(Cl)c1. The van der Waals surface area contributed by atoms with Crippen LogP contribution in [0.1, 0.15) is 12.5 Å². The minimum Gasteiger partial charge on any atom is -0.249 e. The molecule has 72 valence electrons. The Morgan fingerprint density at radius 1 is 1.69 bits per heavy atom. The molecule has 1 aromatic heterocycles. The third kappa shape index (κ3) is 3.14. The maximum atomic E-state index is 12.6. The average molecular weight is 221 g/mol. The van der Waals surface area contributed by atoms with Crippen molar-refractivity contribution in [3.05, 3.63) is 28.8 Å². The first kappa shape index (κ1) is 10.8. The highest BCUT2D eigenvalue weighted by Crippen LogP contribution is 2.15. The normalized spacial score (nSPS) is 10.8. The van der Waals surface area contributed by atoms with Gasteiger partial charge in [-0.1, -0.05) is 31.3 Å². The van der Waals surface area contributed by atoms with Crippen molar-refractivity contribution in [1.82, 2.24) is 9.29 Å². The molecule has 0 N–H and O–H groups in total. The third-order valence-corrected chi connectivity index (χ3v) is 2.27. The van der Waals surface area contributed by atoms with E-state index in [1.807, 2.05) is 6.92 Å². The molecule has 0 atom stereocenters. The smallest absolute Gasteiger partial charge is 0.231 e. The highest BCUT2D eigenvalue weighted by molar-refractivity contribution is 7.77. The number of thiol groups is 1. The van der Waals surface area contributed by atoms with Crippen molar-refractivity contribution in [3.63, 3.8) is 0 Å². The molecule has 0 amide bonds. The highest BCUT2D eigenvalue weighted by Gasteiger charge is 2.04. The van der Waals surface area contributed by atoms with Crippen LogP contribution >= 0.6 is 24.4 Å². The Bertz CT molecular complexity index is 295. The van der Waals surface area contributed by atoms with E-state index in [0.29, 0.717) is 6.54 Å². The summed E-state index contributed by atoms with van der Waals surface area (Å²) in [5, 5.41) is 0.0512. The first-order chi connectivity index (χ1) is 6.13. The lowest BCUT2D eigenvalue weighted by molar-refractivity contribution is 0.496. The zero-order chi connectivity index (χ0) is 9.84.